The summed E-state index contributed by atoms with van der Waals surface area (Å²) in [6, 6.07) is 8.02. The minimum absolute atomic E-state index is 0.00366. The number of furan rings is 1. The van der Waals surface area contributed by atoms with E-state index in [1.54, 1.807) is 31.2 Å². The first-order valence-corrected chi connectivity index (χ1v) is 9.31. The summed E-state index contributed by atoms with van der Waals surface area (Å²) in [5.74, 6) is -0.771. The maximum atomic E-state index is 12.4. The predicted octanol–water partition coefficient (Wildman–Crippen LogP) is 3.84. The molecule has 0 unspecified atom stereocenters. The highest BCUT2D eigenvalue weighted by molar-refractivity contribution is 8.26. The standard InChI is InChI=1S/C18H14N2O6S2/c1-10-2-4-12(13(8-10)20(24)25)14-5-3-11(26-14)9-15-17(23)19(18(27)28-15)7-6-16(21)22/h2-5,8-9H,6-7H2,1H3,(H,21,22)/b15-9+. The number of benzene rings is 1. The van der Waals surface area contributed by atoms with Crippen molar-refractivity contribution in [3.8, 4) is 11.3 Å². The van der Waals surface area contributed by atoms with Crippen LogP contribution in [0.25, 0.3) is 17.4 Å². The molecule has 0 bridgehead atoms. The Morgan fingerprint density at radius 3 is 2.82 bits per heavy atom. The number of nitrogens with zero attached hydrogens (tertiary/aromatic N) is 2. The lowest BCUT2D eigenvalue weighted by molar-refractivity contribution is -0.384. The van der Waals surface area contributed by atoms with E-state index >= 15 is 0 Å². The maximum absolute atomic E-state index is 12.4. The van der Waals surface area contributed by atoms with E-state index in [0.29, 0.717) is 22.0 Å². The fraction of sp³-hybridized carbons (Fsp3) is 0.167. The topological polar surface area (TPSA) is 114 Å². The summed E-state index contributed by atoms with van der Waals surface area (Å²) in [6.45, 7) is 1.76. The average molecular weight is 418 g/mol. The number of nitro groups is 1. The summed E-state index contributed by atoms with van der Waals surface area (Å²) >= 11 is 6.18. The third-order valence-corrected chi connectivity index (χ3v) is 5.32. The van der Waals surface area contributed by atoms with Crippen LogP contribution in [0.2, 0.25) is 0 Å². The number of carboxylic acid groups (broad SMARTS) is 1. The molecule has 1 aromatic heterocycles. The zero-order valence-electron chi connectivity index (χ0n) is 14.6. The van der Waals surface area contributed by atoms with E-state index in [1.807, 2.05) is 0 Å². The van der Waals surface area contributed by atoms with Gasteiger partial charge < -0.3 is 9.52 Å². The second kappa shape index (κ2) is 7.95. The molecule has 10 heteroatoms. The maximum Gasteiger partial charge on any atom is 0.305 e. The van der Waals surface area contributed by atoms with Gasteiger partial charge in [-0.3, -0.25) is 24.6 Å². The molecule has 1 N–H and O–H groups in total. The largest absolute Gasteiger partial charge is 0.481 e. The van der Waals surface area contributed by atoms with Crippen LogP contribution in [-0.4, -0.2) is 37.7 Å². The van der Waals surface area contributed by atoms with Crippen LogP contribution in [0.3, 0.4) is 0 Å². The normalized spacial score (nSPS) is 15.5. The number of carboxylic acids is 1. The number of hydrogen-bond acceptors (Lipinski definition) is 7. The van der Waals surface area contributed by atoms with Crippen molar-refractivity contribution in [3.63, 3.8) is 0 Å². The van der Waals surface area contributed by atoms with E-state index in [9.17, 15) is 19.7 Å². The van der Waals surface area contributed by atoms with Gasteiger partial charge >= 0.3 is 5.97 Å². The minimum Gasteiger partial charge on any atom is -0.481 e. The number of thiocarbonyl (C=S) groups is 1. The molecule has 0 saturated carbocycles. The van der Waals surface area contributed by atoms with Crippen molar-refractivity contribution in [1.29, 1.82) is 0 Å². The highest BCUT2D eigenvalue weighted by Crippen LogP contribution is 2.35. The number of rotatable bonds is 6. The van der Waals surface area contributed by atoms with Gasteiger partial charge in [0.15, 0.2) is 0 Å². The van der Waals surface area contributed by atoms with Gasteiger partial charge in [-0.2, -0.15) is 0 Å². The molecule has 8 nitrogen and oxygen atoms in total. The molecule has 1 aromatic carbocycles. The first-order valence-electron chi connectivity index (χ1n) is 8.08. The molecule has 0 atom stereocenters. The SMILES string of the molecule is Cc1ccc(-c2ccc(/C=C3/SC(=S)N(CCC(=O)O)C3=O)o2)c([N+](=O)[O-])c1. The lowest BCUT2D eigenvalue weighted by Crippen LogP contribution is -2.30. The molecular formula is C18H14N2O6S2. The number of nitro benzene ring substituents is 1. The van der Waals surface area contributed by atoms with Crippen LogP contribution in [0.15, 0.2) is 39.7 Å². The van der Waals surface area contributed by atoms with Crippen molar-refractivity contribution < 1.29 is 24.0 Å². The molecule has 3 rings (SSSR count). The van der Waals surface area contributed by atoms with E-state index in [2.05, 4.69) is 0 Å². The smallest absolute Gasteiger partial charge is 0.305 e. The summed E-state index contributed by atoms with van der Waals surface area (Å²) in [5, 5.41) is 20.1. The van der Waals surface area contributed by atoms with Gasteiger partial charge in [-0.25, -0.2) is 0 Å². The Balaban J connectivity index is 1.86. The van der Waals surface area contributed by atoms with Crippen molar-refractivity contribution in [1.82, 2.24) is 4.90 Å². The quantitative estimate of drug-likeness (QED) is 0.326. The Kier molecular flexibility index (Phi) is 5.61. The fourth-order valence-electron chi connectivity index (χ4n) is 2.61. The number of aryl methyl sites for hydroxylation is 1. The van der Waals surface area contributed by atoms with Gasteiger partial charge in [-0.1, -0.05) is 30.0 Å². The van der Waals surface area contributed by atoms with E-state index in [0.717, 1.165) is 17.3 Å². The molecule has 0 spiro atoms. The van der Waals surface area contributed by atoms with Crippen LogP contribution >= 0.6 is 24.0 Å². The highest BCUT2D eigenvalue weighted by atomic mass is 32.2. The monoisotopic (exact) mass is 418 g/mol. The van der Waals surface area contributed by atoms with Crippen LogP contribution in [0.5, 0.6) is 0 Å². The van der Waals surface area contributed by atoms with Crippen LogP contribution in [0.1, 0.15) is 17.7 Å². The van der Waals surface area contributed by atoms with Gasteiger partial charge in [-0.15, -0.1) is 0 Å². The third kappa shape index (κ3) is 4.12. The molecule has 0 radical (unpaired) electrons. The van der Waals surface area contributed by atoms with Gasteiger partial charge in [0.1, 0.15) is 15.8 Å². The number of amides is 1. The molecule has 1 aliphatic rings. The Hall–Kier alpha value is -2.98. The van der Waals surface area contributed by atoms with Crippen LogP contribution in [-0.2, 0) is 9.59 Å². The van der Waals surface area contributed by atoms with Gasteiger partial charge in [0.25, 0.3) is 11.6 Å². The van der Waals surface area contributed by atoms with Gasteiger partial charge in [0.2, 0.25) is 0 Å². The zero-order chi connectivity index (χ0) is 20.4. The second-order valence-corrected chi connectivity index (χ2v) is 7.63. The first kappa shape index (κ1) is 19.8. The Morgan fingerprint density at radius 1 is 1.39 bits per heavy atom. The molecule has 2 aromatic rings. The molecular weight excluding hydrogens is 404 g/mol. The van der Waals surface area contributed by atoms with Gasteiger partial charge in [0.05, 0.1) is 21.8 Å². The molecule has 1 saturated heterocycles. The number of carbonyl (C=O) groups is 2. The summed E-state index contributed by atoms with van der Waals surface area (Å²) in [4.78, 5) is 35.5. The van der Waals surface area contributed by atoms with Crippen molar-refractivity contribution in [2.75, 3.05) is 6.54 Å². The lowest BCUT2D eigenvalue weighted by Gasteiger charge is -2.12. The zero-order valence-corrected chi connectivity index (χ0v) is 16.2. The summed E-state index contributed by atoms with van der Waals surface area (Å²) < 4.78 is 5.95. The van der Waals surface area contributed by atoms with Gasteiger partial charge in [-0.05, 0) is 30.7 Å². The molecule has 1 aliphatic heterocycles. The predicted molar refractivity (Wildman–Crippen MR) is 108 cm³/mol. The van der Waals surface area contributed by atoms with Crippen LogP contribution in [0.4, 0.5) is 5.69 Å². The average Bonchev–Trinajstić information content (AvgIpc) is 3.18. The van der Waals surface area contributed by atoms with E-state index in [4.69, 9.17) is 21.7 Å². The van der Waals surface area contributed by atoms with Crippen LogP contribution in [0, 0.1) is 17.0 Å². The Bertz CT molecular complexity index is 1030. The van der Waals surface area contributed by atoms with Gasteiger partial charge in [0, 0.05) is 18.7 Å². The third-order valence-electron chi connectivity index (χ3n) is 3.94. The van der Waals surface area contributed by atoms with E-state index in [1.165, 1.54) is 17.0 Å². The first-order chi connectivity index (χ1) is 13.3. The van der Waals surface area contributed by atoms with Crippen molar-refractivity contribution in [2.45, 2.75) is 13.3 Å². The molecule has 1 amide bonds. The number of aliphatic carboxylic acids is 1. The molecule has 28 heavy (non-hydrogen) atoms. The molecule has 2 heterocycles. The number of carbonyl (C=O) groups excluding carboxylic acids is 1. The Labute approximate surface area is 169 Å². The Morgan fingerprint density at radius 2 is 2.14 bits per heavy atom. The van der Waals surface area contributed by atoms with E-state index < -0.39 is 16.8 Å². The number of hydrogen-bond donors (Lipinski definition) is 1. The fourth-order valence-corrected chi connectivity index (χ4v) is 3.89. The van der Waals surface area contributed by atoms with Crippen molar-refractivity contribution in [3.05, 3.63) is 56.7 Å². The number of thioether (sulfide) groups is 1. The minimum atomic E-state index is -1.02. The summed E-state index contributed by atoms with van der Waals surface area (Å²) in [7, 11) is 0. The summed E-state index contributed by atoms with van der Waals surface area (Å²) in [6.07, 6.45) is 1.28. The van der Waals surface area contributed by atoms with Crippen LogP contribution < -0.4 is 0 Å². The second-order valence-electron chi connectivity index (χ2n) is 5.96. The van der Waals surface area contributed by atoms with E-state index in [-0.39, 0.29) is 23.0 Å². The molecule has 144 valence electrons. The summed E-state index contributed by atoms with van der Waals surface area (Å²) in [5.41, 5.74) is 1.03. The highest BCUT2D eigenvalue weighted by Gasteiger charge is 2.32. The molecule has 0 aliphatic carbocycles. The lowest BCUT2D eigenvalue weighted by atomic mass is 10.1. The van der Waals surface area contributed by atoms with Crippen molar-refractivity contribution >= 4 is 51.9 Å². The molecule has 1 fully saturated rings. The van der Waals surface area contributed by atoms with Crippen molar-refractivity contribution in [2.24, 2.45) is 0 Å².